The zero-order valence-electron chi connectivity index (χ0n) is 16.9. The third-order valence-corrected chi connectivity index (χ3v) is 7.57. The Hall–Kier alpha value is -1.39. The van der Waals surface area contributed by atoms with Crippen LogP contribution in [0.15, 0.2) is 30.3 Å². The Kier molecular flexibility index (Phi) is 5.06. The lowest BCUT2D eigenvalue weighted by Crippen LogP contribution is -2.51. The van der Waals surface area contributed by atoms with Crippen molar-refractivity contribution in [1.82, 2.24) is 10.2 Å². The molecule has 148 valence electrons. The fourth-order valence-electron chi connectivity index (χ4n) is 5.38. The molecule has 1 saturated heterocycles. The van der Waals surface area contributed by atoms with Crippen molar-refractivity contribution in [1.29, 1.82) is 0 Å². The van der Waals surface area contributed by atoms with Gasteiger partial charge in [-0.1, -0.05) is 57.0 Å². The summed E-state index contributed by atoms with van der Waals surface area (Å²) in [5.74, 6) is 1.61. The summed E-state index contributed by atoms with van der Waals surface area (Å²) < 4.78 is 0. The summed E-state index contributed by atoms with van der Waals surface area (Å²) in [6.45, 7) is 8.99. The van der Waals surface area contributed by atoms with Crippen LogP contribution in [0, 0.1) is 23.7 Å². The first-order chi connectivity index (χ1) is 12.9. The summed E-state index contributed by atoms with van der Waals surface area (Å²) in [5.41, 5.74) is -0.644. The SMILES string of the molecule is CC(C)C(C)N1C[C@@H]2C(NC(=O)C(O)(c3ccccc3)C3CCCC3)[C@@H]2C1. The standard InChI is InChI=1S/C23H34N2O2/c1-15(2)16(3)25-13-19-20(14-25)21(19)24-22(26)23(27,18-11-7-8-12-18)17-9-5-4-6-10-17/h4-6,9-10,15-16,18-21,27H,7-8,11-14H2,1-3H3,(H,24,26)/t16?,19-,20+,21?,23?. The van der Waals surface area contributed by atoms with Crippen molar-refractivity contribution in [2.75, 3.05) is 13.1 Å². The molecule has 2 N–H and O–H groups in total. The molecule has 1 aromatic rings. The van der Waals surface area contributed by atoms with Crippen molar-refractivity contribution >= 4 is 5.91 Å². The number of benzene rings is 1. The van der Waals surface area contributed by atoms with Gasteiger partial charge in [-0.25, -0.2) is 0 Å². The third-order valence-electron chi connectivity index (χ3n) is 7.57. The number of carbonyl (C=O) groups excluding carboxylic acids is 1. The Morgan fingerprint density at radius 3 is 2.26 bits per heavy atom. The van der Waals surface area contributed by atoms with Gasteiger partial charge in [0.15, 0.2) is 5.60 Å². The number of hydrogen-bond donors (Lipinski definition) is 2. The molecule has 3 unspecified atom stereocenters. The predicted molar refractivity (Wildman–Crippen MR) is 107 cm³/mol. The summed E-state index contributed by atoms with van der Waals surface area (Å²) >= 11 is 0. The minimum Gasteiger partial charge on any atom is -0.375 e. The number of aliphatic hydroxyl groups is 1. The van der Waals surface area contributed by atoms with Crippen LogP contribution in [0.5, 0.6) is 0 Å². The van der Waals surface area contributed by atoms with E-state index in [0.29, 0.717) is 23.8 Å². The highest BCUT2D eigenvalue weighted by atomic mass is 16.3. The van der Waals surface area contributed by atoms with E-state index >= 15 is 0 Å². The van der Waals surface area contributed by atoms with E-state index in [2.05, 4.69) is 31.0 Å². The Morgan fingerprint density at radius 1 is 1.11 bits per heavy atom. The largest absolute Gasteiger partial charge is 0.375 e. The van der Waals surface area contributed by atoms with E-state index in [1.165, 1.54) is 0 Å². The second-order valence-electron chi connectivity index (χ2n) is 9.38. The van der Waals surface area contributed by atoms with Crippen LogP contribution in [0.2, 0.25) is 0 Å². The van der Waals surface area contributed by atoms with Gasteiger partial charge in [0.05, 0.1) is 0 Å². The van der Waals surface area contributed by atoms with E-state index in [9.17, 15) is 9.90 Å². The number of fused-ring (bicyclic) bond motifs is 1. The molecule has 2 saturated carbocycles. The van der Waals surface area contributed by atoms with Gasteiger partial charge in [-0.2, -0.15) is 0 Å². The van der Waals surface area contributed by atoms with E-state index < -0.39 is 5.60 Å². The van der Waals surface area contributed by atoms with Gasteiger partial charge in [-0.15, -0.1) is 0 Å². The molecule has 0 bridgehead atoms. The second-order valence-corrected chi connectivity index (χ2v) is 9.38. The quantitative estimate of drug-likeness (QED) is 0.809. The van der Waals surface area contributed by atoms with Gasteiger partial charge in [0.1, 0.15) is 0 Å². The van der Waals surface area contributed by atoms with Crippen LogP contribution in [0.3, 0.4) is 0 Å². The van der Waals surface area contributed by atoms with Gasteiger partial charge in [0.25, 0.3) is 5.91 Å². The first-order valence-electron chi connectivity index (χ1n) is 10.8. The van der Waals surface area contributed by atoms with Crippen LogP contribution in [-0.2, 0) is 10.4 Å². The minimum atomic E-state index is -1.39. The van der Waals surface area contributed by atoms with Crippen molar-refractivity contribution in [3.63, 3.8) is 0 Å². The van der Waals surface area contributed by atoms with Gasteiger partial charge >= 0.3 is 0 Å². The number of hydrogen-bond acceptors (Lipinski definition) is 3. The molecule has 3 fully saturated rings. The molecule has 3 aliphatic rings. The molecular weight excluding hydrogens is 336 g/mol. The second kappa shape index (κ2) is 7.21. The zero-order chi connectivity index (χ0) is 19.2. The molecule has 4 nitrogen and oxygen atoms in total. The van der Waals surface area contributed by atoms with Gasteiger partial charge in [-0.05, 0) is 43.1 Å². The first-order valence-corrected chi connectivity index (χ1v) is 10.8. The van der Waals surface area contributed by atoms with Crippen LogP contribution in [0.4, 0.5) is 0 Å². The monoisotopic (exact) mass is 370 g/mol. The average molecular weight is 371 g/mol. The molecule has 1 aromatic carbocycles. The van der Waals surface area contributed by atoms with Gasteiger partial charge in [-0.3, -0.25) is 9.69 Å². The summed E-state index contributed by atoms with van der Waals surface area (Å²) in [7, 11) is 0. The molecular formula is C23H34N2O2. The molecule has 4 rings (SSSR count). The third kappa shape index (κ3) is 3.31. The van der Waals surface area contributed by atoms with E-state index in [1.807, 2.05) is 30.3 Å². The van der Waals surface area contributed by atoms with Crippen LogP contribution < -0.4 is 5.32 Å². The number of amides is 1. The number of carbonyl (C=O) groups is 1. The van der Waals surface area contributed by atoms with Crippen molar-refractivity contribution in [2.45, 2.75) is 64.1 Å². The smallest absolute Gasteiger partial charge is 0.257 e. The van der Waals surface area contributed by atoms with Crippen LogP contribution in [-0.4, -0.2) is 41.1 Å². The molecule has 1 aliphatic heterocycles. The highest BCUT2D eigenvalue weighted by Gasteiger charge is 2.59. The number of likely N-dealkylation sites (tertiary alicyclic amines) is 1. The van der Waals surface area contributed by atoms with Crippen LogP contribution >= 0.6 is 0 Å². The van der Waals surface area contributed by atoms with E-state index in [1.54, 1.807) is 0 Å². The number of piperidine rings is 1. The maximum atomic E-state index is 13.3. The van der Waals surface area contributed by atoms with Crippen molar-refractivity contribution in [2.24, 2.45) is 23.7 Å². The Morgan fingerprint density at radius 2 is 1.70 bits per heavy atom. The highest BCUT2D eigenvalue weighted by Crippen LogP contribution is 2.48. The molecule has 0 aromatic heterocycles. The normalized spacial score (nSPS) is 31.5. The van der Waals surface area contributed by atoms with Crippen molar-refractivity contribution < 1.29 is 9.90 Å². The zero-order valence-corrected chi connectivity index (χ0v) is 16.9. The Labute approximate surface area is 163 Å². The van der Waals surface area contributed by atoms with Gasteiger partial charge < -0.3 is 10.4 Å². The summed E-state index contributed by atoms with van der Waals surface area (Å²) in [4.78, 5) is 15.8. The summed E-state index contributed by atoms with van der Waals surface area (Å²) in [5, 5.41) is 14.8. The lowest BCUT2D eigenvalue weighted by molar-refractivity contribution is -0.147. The van der Waals surface area contributed by atoms with Gasteiger partial charge in [0, 0.05) is 31.1 Å². The lowest BCUT2D eigenvalue weighted by Gasteiger charge is -2.34. The number of rotatable bonds is 6. The molecule has 0 radical (unpaired) electrons. The first kappa shape index (κ1) is 18.9. The molecule has 1 amide bonds. The number of nitrogens with zero attached hydrogens (tertiary/aromatic N) is 1. The fraction of sp³-hybridized carbons (Fsp3) is 0.696. The van der Waals surface area contributed by atoms with Gasteiger partial charge in [0.2, 0.25) is 0 Å². The molecule has 2 aliphatic carbocycles. The van der Waals surface area contributed by atoms with E-state index in [-0.39, 0.29) is 17.9 Å². The fourth-order valence-corrected chi connectivity index (χ4v) is 5.38. The molecule has 0 spiro atoms. The molecule has 4 heteroatoms. The maximum absolute atomic E-state index is 13.3. The molecule has 27 heavy (non-hydrogen) atoms. The Bertz CT molecular complexity index is 658. The summed E-state index contributed by atoms with van der Waals surface area (Å²) in [6, 6.07) is 10.4. The van der Waals surface area contributed by atoms with Crippen LogP contribution in [0.25, 0.3) is 0 Å². The van der Waals surface area contributed by atoms with Crippen molar-refractivity contribution in [3.05, 3.63) is 35.9 Å². The van der Waals surface area contributed by atoms with E-state index in [4.69, 9.17) is 0 Å². The average Bonchev–Trinajstić information content (AvgIpc) is 3.11. The maximum Gasteiger partial charge on any atom is 0.257 e. The van der Waals surface area contributed by atoms with Crippen molar-refractivity contribution in [3.8, 4) is 0 Å². The van der Waals surface area contributed by atoms with E-state index in [0.717, 1.165) is 44.3 Å². The number of nitrogens with one attached hydrogen (secondary N) is 1. The lowest BCUT2D eigenvalue weighted by atomic mass is 9.79. The molecule has 1 heterocycles. The molecule has 5 atom stereocenters. The topological polar surface area (TPSA) is 52.6 Å². The highest BCUT2D eigenvalue weighted by molar-refractivity contribution is 5.87. The minimum absolute atomic E-state index is 0.0240. The Balaban J connectivity index is 1.44. The van der Waals surface area contributed by atoms with Crippen LogP contribution in [0.1, 0.15) is 52.0 Å². The predicted octanol–water partition coefficient (Wildman–Crippen LogP) is 3.16. The summed E-state index contributed by atoms with van der Waals surface area (Å²) in [6.07, 6.45) is 4.06.